The number of hydrogen-bond donors (Lipinski definition) is 0. The van der Waals surface area contributed by atoms with Crippen LogP contribution in [0.15, 0.2) is 18.2 Å². The lowest BCUT2D eigenvalue weighted by Gasteiger charge is -2.28. The molecule has 1 aliphatic heterocycles. The molecule has 5 heteroatoms. The second kappa shape index (κ2) is 8.92. The summed E-state index contributed by atoms with van der Waals surface area (Å²) in [6.07, 6.45) is 0. The molecule has 1 aliphatic rings. The Hall–Kier alpha value is -1.75. The van der Waals surface area contributed by atoms with Crippen molar-refractivity contribution < 1.29 is 9.53 Å². The zero-order valence-electron chi connectivity index (χ0n) is 15.5. The molecule has 2 rings (SSSR count). The highest BCUT2D eigenvalue weighted by Crippen LogP contribution is 2.25. The first-order valence-corrected chi connectivity index (χ1v) is 9.13. The van der Waals surface area contributed by atoms with Crippen molar-refractivity contribution in [3.05, 3.63) is 29.3 Å². The number of amides is 2. The minimum atomic E-state index is 0.102. The van der Waals surface area contributed by atoms with Crippen molar-refractivity contribution in [1.29, 1.82) is 0 Å². The fourth-order valence-electron chi connectivity index (χ4n) is 3.11. The van der Waals surface area contributed by atoms with Crippen LogP contribution in [0.1, 0.15) is 38.8 Å². The molecule has 0 atom stereocenters. The van der Waals surface area contributed by atoms with E-state index < -0.39 is 0 Å². The van der Waals surface area contributed by atoms with E-state index in [-0.39, 0.29) is 6.03 Å². The average Bonchev–Trinajstić information content (AvgIpc) is 2.82. The summed E-state index contributed by atoms with van der Waals surface area (Å²) >= 11 is 0. The molecule has 0 N–H and O–H groups in total. The van der Waals surface area contributed by atoms with Gasteiger partial charge in [-0.2, -0.15) is 0 Å². The lowest BCUT2D eigenvalue weighted by molar-refractivity contribution is 0.150. The number of ether oxygens (including phenoxy) is 1. The van der Waals surface area contributed by atoms with E-state index in [1.54, 1.807) is 0 Å². The summed E-state index contributed by atoms with van der Waals surface area (Å²) in [6.45, 7) is 14.7. The van der Waals surface area contributed by atoms with E-state index in [0.29, 0.717) is 19.7 Å². The highest BCUT2D eigenvalue weighted by Gasteiger charge is 2.23. The molecule has 5 nitrogen and oxygen atoms in total. The Morgan fingerprint density at radius 3 is 2.46 bits per heavy atom. The van der Waals surface area contributed by atoms with Crippen molar-refractivity contribution in [2.24, 2.45) is 0 Å². The van der Waals surface area contributed by atoms with Gasteiger partial charge in [0.2, 0.25) is 0 Å². The minimum absolute atomic E-state index is 0.102. The van der Waals surface area contributed by atoms with Crippen LogP contribution in [0.5, 0.6) is 5.75 Å². The third-order valence-corrected chi connectivity index (χ3v) is 4.71. The van der Waals surface area contributed by atoms with E-state index in [1.165, 1.54) is 5.56 Å². The largest absolute Gasteiger partial charge is 0.491 e. The van der Waals surface area contributed by atoms with E-state index in [1.807, 2.05) is 23.6 Å². The van der Waals surface area contributed by atoms with Crippen molar-refractivity contribution in [3.63, 3.8) is 0 Å². The molecule has 1 heterocycles. The monoisotopic (exact) mass is 333 g/mol. The Labute approximate surface area is 146 Å². The smallest absolute Gasteiger partial charge is 0.320 e. The molecule has 24 heavy (non-hydrogen) atoms. The molecular weight excluding hydrogens is 302 g/mol. The molecule has 0 aromatic heterocycles. The van der Waals surface area contributed by atoms with Gasteiger partial charge in [0.15, 0.2) is 0 Å². The normalized spacial score (nSPS) is 14.1. The highest BCUT2D eigenvalue weighted by atomic mass is 16.5. The van der Waals surface area contributed by atoms with E-state index in [9.17, 15) is 4.79 Å². The molecule has 1 aromatic rings. The van der Waals surface area contributed by atoms with E-state index in [4.69, 9.17) is 4.74 Å². The maximum atomic E-state index is 12.7. The van der Waals surface area contributed by atoms with Crippen molar-refractivity contribution >= 4 is 6.03 Å². The Morgan fingerprint density at radius 2 is 1.83 bits per heavy atom. The van der Waals surface area contributed by atoms with Crippen molar-refractivity contribution in [3.8, 4) is 5.75 Å². The van der Waals surface area contributed by atoms with Crippen LogP contribution in [0.25, 0.3) is 0 Å². The number of benzene rings is 1. The number of carbonyl (C=O) groups is 1. The van der Waals surface area contributed by atoms with Gasteiger partial charge in [0.1, 0.15) is 12.4 Å². The molecule has 0 fully saturated rings. The maximum Gasteiger partial charge on any atom is 0.320 e. The number of urea groups is 1. The summed E-state index contributed by atoms with van der Waals surface area (Å²) in [4.78, 5) is 18.8. The van der Waals surface area contributed by atoms with Crippen molar-refractivity contribution in [2.75, 3.05) is 39.3 Å². The fraction of sp³-hybridized carbons (Fsp3) is 0.632. The number of nitrogens with zero attached hydrogens (tertiary/aromatic N) is 3. The average molecular weight is 333 g/mol. The molecule has 2 amide bonds. The molecule has 1 aromatic carbocycles. The van der Waals surface area contributed by atoms with E-state index in [2.05, 4.69) is 36.9 Å². The zero-order valence-corrected chi connectivity index (χ0v) is 15.5. The minimum Gasteiger partial charge on any atom is -0.491 e. The van der Waals surface area contributed by atoms with Gasteiger partial charge in [-0.25, -0.2) is 4.79 Å². The number of fused-ring (bicyclic) bond motifs is 1. The van der Waals surface area contributed by atoms with Gasteiger partial charge in [-0.1, -0.05) is 19.9 Å². The van der Waals surface area contributed by atoms with Gasteiger partial charge in [0, 0.05) is 25.2 Å². The zero-order chi connectivity index (χ0) is 17.5. The molecule has 134 valence electrons. The van der Waals surface area contributed by atoms with Gasteiger partial charge in [0.25, 0.3) is 0 Å². The number of hydrogen-bond acceptors (Lipinski definition) is 3. The van der Waals surface area contributed by atoms with Crippen LogP contribution in [-0.4, -0.2) is 60.1 Å². The third-order valence-electron chi connectivity index (χ3n) is 4.71. The SMILES string of the molecule is CCN(CC)Cc1ccc2c(c1)CN(C(=O)N(CC)CC)CCO2. The summed E-state index contributed by atoms with van der Waals surface area (Å²) in [5.74, 6) is 0.910. The molecule has 0 unspecified atom stereocenters. The fourth-order valence-corrected chi connectivity index (χ4v) is 3.11. The van der Waals surface area contributed by atoms with Crippen LogP contribution >= 0.6 is 0 Å². The first-order valence-electron chi connectivity index (χ1n) is 9.13. The van der Waals surface area contributed by atoms with Crippen molar-refractivity contribution in [1.82, 2.24) is 14.7 Å². The van der Waals surface area contributed by atoms with Gasteiger partial charge in [-0.15, -0.1) is 0 Å². The van der Waals surface area contributed by atoms with E-state index in [0.717, 1.165) is 44.0 Å². The molecule has 0 saturated carbocycles. The van der Waals surface area contributed by atoms with Gasteiger partial charge < -0.3 is 14.5 Å². The quantitative estimate of drug-likeness (QED) is 0.802. The Bertz CT molecular complexity index is 539. The second-order valence-electron chi connectivity index (χ2n) is 6.13. The summed E-state index contributed by atoms with van der Waals surface area (Å²) in [7, 11) is 0. The summed E-state index contributed by atoms with van der Waals surface area (Å²) in [5, 5.41) is 0. The topological polar surface area (TPSA) is 36.0 Å². The summed E-state index contributed by atoms with van der Waals surface area (Å²) < 4.78 is 5.86. The number of rotatable bonds is 6. The molecule has 0 radical (unpaired) electrons. The van der Waals surface area contributed by atoms with Crippen LogP contribution in [-0.2, 0) is 13.1 Å². The molecule has 0 bridgehead atoms. The van der Waals surface area contributed by atoms with Gasteiger partial charge >= 0.3 is 6.03 Å². The predicted octanol–water partition coefficient (Wildman–Crippen LogP) is 3.18. The van der Waals surface area contributed by atoms with Crippen LogP contribution in [0.3, 0.4) is 0 Å². The summed E-state index contributed by atoms with van der Waals surface area (Å²) in [5.41, 5.74) is 2.39. The van der Waals surface area contributed by atoms with E-state index >= 15 is 0 Å². The van der Waals surface area contributed by atoms with Crippen LogP contribution in [0.2, 0.25) is 0 Å². The highest BCUT2D eigenvalue weighted by molar-refractivity contribution is 5.74. The van der Waals surface area contributed by atoms with Gasteiger partial charge in [0.05, 0.1) is 13.1 Å². The number of carbonyl (C=O) groups excluding carboxylic acids is 1. The Kier molecular flexibility index (Phi) is 6.91. The standard InChI is InChI=1S/C19H31N3O2/c1-5-20(6-2)14-16-9-10-18-17(13-16)15-22(11-12-24-18)19(23)21(7-3)8-4/h9-10,13H,5-8,11-12,14-15H2,1-4H3. The van der Waals surface area contributed by atoms with Crippen LogP contribution in [0, 0.1) is 0 Å². The van der Waals surface area contributed by atoms with Crippen LogP contribution < -0.4 is 4.74 Å². The summed E-state index contributed by atoms with van der Waals surface area (Å²) in [6, 6.07) is 6.49. The molecule has 0 saturated heterocycles. The second-order valence-corrected chi connectivity index (χ2v) is 6.13. The third kappa shape index (κ3) is 4.41. The van der Waals surface area contributed by atoms with Crippen LogP contribution in [0.4, 0.5) is 4.79 Å². The lowest BCUT2D eigenvalue weighted by atomic mass is 10.1. The lowest BCUT2D eigenvalue weighted by Crippen LogP contribution is -2.43. The predicted molar refractivity (Wildman–Crippen MR) is 97.3 cm³/mol. The Balaban J connectivity index is 2.17. The maximum absolute atomic E-state index is 12.7. The Morgan fingerprint density at radius 1 is 1.12 bits per heavy atom. The molecule has 0 aliphatic carbocycles. The first-order chi connectivity index (χ1) is 11.6. The molecule has 0 spiro atoms. The molecular formula is C19H31N3O2. The first kappa shape index (κ1) is 18.6. The van der Waals surface area contributed by atoms with Gasteiger partial charge in [-0.05, 0) is 44.6 Å². The van der Waals surface area contributed by atoms with Gasteiger partial charge in [-0.3, -0.25) is 4.90 Å². The van der Waals surface area contributed by atoms with Crippen molar-refractivity contribution in [2.45, 2.75) is 40.8 Å².